The first-order valence-electron chi connectivity index (χ1n) is 10.1. The SMILES string of the molecule is CCCCc1ccc(N(Cc2cn[nH]n2)c2ccc(CCCC)cc2)cc1. The van der Waals surface area contributed by atoms with Crippen LogP contribution in [0.4, 0.5) is 11.4 Å². The Balaban J connectivity index is 1.82. The number of hydrogen-bond donors (Lipinski definition) is 1. The van der Waals surface area contributed by atoms with Gasteiger partial charge < -0.3 is 4.90 Å². The molecule has 1 heterocycles. The lowest BCUT2D eigenvalue weighted by Crippen LogP contribution is -2.16. The molecule has 0 radical (unpaired) electrons. The lowest BCUT2D eigenvalue weighted by atomic mass is 10.1. The summed E-state index contributed by atoms with van der Waals surface area (Å²) in [6.07, 6.45) is 9.01. The molecule has 0 aliphatic heterocycles. The smallest absolute Gasteiger partial charge is 0.102 e. The molecule has 27 heavy (non-hydrogen) atoms. The van der Waals surface area contributed by atoms with E-state index in [1.165, 1.54) is 48.2 Å². The van der Waals surface area contributed by atoms with Gasteiger partial charge in [-0.05, 0) is 61.1 Å². The van der Waals surface area contributed by atoms with E-state index >= 15 is 0 Å². The fourth-order valence-corrected chi connectivity index (χ4v) is 3.24. The Morgan fingerprint density at radius 3 is 1.70 bits per heavy atom. The first-order chi connectivity index (χ1) is 13.3. The molecular weight excluding hydrogens is 332 g/mol. The predicted molar refractivity (Wildman–Crippen MR) is 112 cm³/mol. The van der Waals surface area contributed by atoms with Crippen molar-refractivity contribution in [1.82, 2.24) is 15.4 Å². The van der Waals surface area contributed by atoms with Crippen LogP contribution in [0, 0.1) is 0 Å². The third kappa shape index (κ3) is 5.43. The van der Waals surface area contributed by atoms with Gasteiger partial charge in [0.1, 0.15) is 5.69 Å². The van der Waals surface area contributed by atoms with E-state index in [4.69, 9.17) is 0 Å². The van der Waals surface area contributed by atoms with E-state index in [0.717, 1.165) is 18.5 Å². The highest BCUT2D eigenvalue weighted by atomic mass is 15.3. The quantitative estimate of drug-likeness (QED) is 0.493. The van der Waals surface area contributed by atoms with Gasteiger partial charge >= 0.3 is 0 Å². The van der Waals surface area contributed by atoms with Crippen LogP contribution >= 0.6 is 0 Å². The van der Waals surface area contributed by atoms with E-state index in [2.05, 4.69) is 82.7 Å². The van der Waals surface area contributed by atoms with Gasteiger partial charge in [-0.2, -0.15) is 15.4 Å². The molecule has 0 saturated heterocycles. The molecule has 1 N–H and O–H groups in total. The number of H-pyrrole nitrogens is 1. The molecule has 0 spiro atoms. The van der Waals surface area contributed by atoms with Crippen LogP contribution in [0.1, 0.15) is 56.4 Å². The number of aromatic amines is 1. The molecule has 3 rings (SSSR count). The molecule has 0 amide bonds. The molecule has 142 valence electrons. The molecule has 0 fully saturated rings. The van der Waals surface area contributed by atoms with Gasteiger partial charge in [-0.1, -0.05) is 51.0 Å². The van der Waals surface area contributed by atoms with E-state index in [0.29, 0.717) is 6.54 Å². The van der Waals surface area contributed by atoms with Crippen LogP contribution in [0.3, 0.4) is 0 Å². The summed E-state index contributed by atoms with van der Waals surface area (Å²) in [6, 6.07) is 17.9. The molecule has 0 unspecified atom stereocenters. The third-order valence-electron chi connectivity index (χ3n) is 4.92. The molecule has 0 bridgehead atoms. The van der Waals surface area contributed by atoms with Crippen LogP contribution in [0.2, 0.25) is 0 Å². The second kappa shape index (κ2) is 9.91. The average Bonchev–Trinajstić information content (AvgIpc) is 3.23. The fourth-order valence-electron chi connectivity index (χ4n) is 3.24. The summed E-state index contributed by atoms with van der Waals surface area (Å²) in [4.78, 5) is 2.30. The van der Waals surface area contributed by atoms with Gasteiger partial charge in [0.15, 0.2) is 0 Å². The van der Waals surface area contributed by atoms with E-state index in [-0.39, 0.29) is 0 Å². The number of unbranched alkanes of at least 4 members (excludes halogenated alkanes) is 2. The van der Waals surface area contributed by atoms with E-state index in [9.17, 15) is 0 Å². The van der Waals surface area contributed by atoms with Crippen molar-refractivity contribution in [3.05, 3.63) is 71.5 Å². The summed E-state index contributed by atoms with van der Waals surface area (Å²) in [5, 5.41) is 10.9. The summed E-state index contributed by atoms with van der Waals surface area (Å²) in [7, 11) is 0. The summed E-state index contributed by atoms with van der Waals surface area (Å²) >= 11 is 0. The highest BCUT2D eigenvalue weighted by Crippen LogP contribution is 2.28. The minimum Gasteiger partial charge on any atom is -0.335 e. The summed E-state index contributed by atoms with van der Waals surface area (Å²) < 4.78 is 0. The number of nitrogens with one attached hydrogen (secondary N) is 1. The maximum atomic E-state index is 4.25. The van der Waals surface area contributed by atoms with Gasteiger partial charge in [-0.3, -0.25) is 0 Å². The lowest BCUT2D eigenvalue weighted by molar-refractivity contribution is 0.794. The molecule has 0 atom stereocenters. The minimum absolute atomic E-state index is 0.694. The first-order valence-corrected chi connectivity index (χ1v) is 10.1. The van der Waals surface area contributed by atoms with Gasteiger partial charge in [0, 0.05) is 11.4 Å². The number of anilines is 2. The first kappa shape index (κ1) is 19.2. The van der Waals surface area contributed by atoms with E-state index in [1.54, 1.807) is 6.20 Å². The number of rotatable bonds is 10. The monoisotopic (exact) mass is 362 g/mol. The maximum absolute atomic E-state index is 4.25. The van der Waals surface area contributed by atoms with E-state index < -0.39 is 0 Å². The van der Waals surface area contributed by atoms with Crippen molar-refractivity contribution in [2.75, 3.05) is 4.90 Å². The van der Waals surface area contributed by atoms with Gasteiger partial charge in [0.2, 0.25) is 0 Å². The number of hydrogen-bond acceptors (Lipinski definition) is 3. The molecule has 4 heteroatoms. The van der Waals surface area contributed by atoms with Crippen LogP contribution < -0.4 is 4.90 Å². The lowest BCUT2D eigenvalue weighted by Gasteiger charge is -2.24. The molecule has 0 aliphatic carbocycles. The number of nitrogens with zero attached hydrogens (tertiary/aromatic N) is 3. The summed E-state index contributed by atoms with van der Waals surface area (Å²) in [6.45, 7) is 5.16. The van der Waals surface area contributed by atoms with Crippen molar-refractivity contribution in [3.63, 3.8) is 0 Å². The van der Waals surface area contributed by atoms with Crippen molar-refractivity contribution in [2.45, 2.75) is 58.9 Å². The number of aryl methyl sites for hydroxylation is 2. The highest BCUT2D eigenvalue weighted by Gasteiger charge is 2.12. The number of benzene rings is 2. The Kier molecular flexibility index (Phi) is 7.03. The zero-order chi connectivity index (χ0) is 18.9. The van der Waals surface area contributed by atoms with Crippen LogP contribution in [-0.4, -0.2) is 15.4 Å². The maximum Gasteiger partial charge on any atom is 0.102 e. The minimum atomic E-state index is 0.694. The Hall–Kier alpha value is -2.62. The largest absolute Gasteiger partial charge is 0.335 e. The zero-order valence-corrected chi connectivity index (χ0v) is 16.5. The summed E-state index contributed by atoms with van der Waals surface area (Å²) in [5.41, 5.74) is 6.09. The normalized spacial score (nSPS) is 10.9. The average molecular weight is 363 g/mol. The van der Waals surface area contributed by atoms with Gasteiger partial charge in [0.25, 0.3) is 0 Å². The van der Waals surface area contributed by atoms with Crippen molar-refractivity contribution in [3.8, 4) is 0 Å². The van der Waals surface area contributed by atoms with E-state index in [1.807, 2.05) is 0 Å². The topological polar surface area (TPSA) is 44.8 Å². The van der Waals surface area contributed by atoms with Gasteiger partial charge in [-0.25, -0.2) is 0 Å². The second-order valence-corrected chi connectivity index (χ2v) is 7.09. The van der Waals surface area contributed by atoms with Crippen LogP contribution in [0.5, 0.6) is 0 Å². The number of aromatic nitrogens is 3. The highest BCUT2D eigenvalue weighted by molar-refractivity contribution is 5.63. The molecule has 1 aromatic heterocycles. The Morgan fingerprint density at radius 2 is 1.30 bits per heavy atom. The second-order valence-electron chi connectivity index (χ2n) is 7.09. The van der Waals surface area contributed by atoms with Crippen molar-refractivity contribution in [2.24, 2.45) is 0 Å². The Labute approximate surface area is 162 Å². The molecule has 4 nitrogen and oxygen atoms in total. The van der Waals surface area contributed by atoms with Crippen LogP contribution in [0.15, 0.2) is 54.7 Å². The van der Waals surface area contributed by atoms with Gasteiger partial charge in [0.05, 0.1) is 12.7 Å². The standard InChI is InChI=1S/C23H30N4/c1-3-5-7-19-9-13-22(14-10-19)27(18-21-17-24-26-25-21)23-15-11-20(12-16-23)8-6-4-2/h9-17H,3-8,18H2,1-2H3,(H,24,25,26). The van der Waals surface area contributed by atoms with Crippen molar-refractivity contribution < 1.29 is 0 Å². The molecule has 2 aromatic carbocycles. The molecule has 0 aliphatic rings. The molecule has 3 aromatic rings. The van der Waals surface area contributed by atoms with Crippen molar-refractivity contribution in [1.29, 1.82) is 0 Å². The third-order valence-corrected chi connectivity index (χ3v) is 4.92. The Morgan fingerprint density at radius 1 is 0.778 bits per heavy atom. The Bertz CT molecular complexity index is 725. The zero-order valence-electron chi connectivity index (χ0n) is 16.5. The predicted octanol–water partition coefficient (Wildman–Crippen LogP) is 5.83. The molecule has 0 saturated carbocycles. The molecular formula is C23H30N4. The summed E-state index contributed by atoms with van der Waals surface area (Å²) in [5.74, 6) is 0. The van der Waals surface area contributed by atoms with Crippen LogP contribution in [0.25, 0.3) is 0 Å². The fraction of sp³-hybridized carbons (Fsp3) is 0.391. The van der Waals surface area contributed by atoms with Crippen molar-refractivity contribution >= 4 is 11.4 Å². The van der Waals surface area contributed by atoms with Gasteiger partial charge in [-0.15, -0.1) is 0 Å². The van der Waals surface area contributed by atoms with Crippen LogP contribution in [-0.2, 0) is 19.4 Å².